The summed E-state index contributed by atoms with van der Waals surface area (Å²) < 4.78 is 86.2. The van der Waals surface area contributed by atoms with Crippen molar-refractivity contribution in [2.24, 2.45) is 10.7 Å². The lowest BCUT2D eigenvalue weighted by molar-refractivity contribution is -0.0644. The summed E-state index contributed by atoms with van der Waals surface area (Å²) in [7, 11) is 0. The Bertz CT molecular complexity index is 1070. The molecule has 0 radical (unpaired) electrons. The van der Waals surface area contributed by atoms with Crippen LogP contribution < -0.4 is 5.73 Å². The van der Waals surface area contributed by atoms with Crippen molar-refractivity contribution in [3.63, 3.8) is 0 Å². The van der Waals surface area contributed by atoms with Gasteiger partial charge in [-0.05, 0) is 36.2 Å². The van der Waals surface area contributed by atoms with Gasteiger partial charge in [-0.15, -0.1) is 0 Å². The van der Waals surface area contributed by atoms with Gasteiger partial charge in [-0.3, -0.25) is 14.8 Å². The van der Waals surface area contributed by atoms with Gasteiger partial charge in [0.2, 0.25) is 0 Å². The number of hydrogen-bond acceptors (Lipinski definition) is 5. The number of aliphatic imine (C=N–C) groups is 1. The van der Waals surface area contributed by atoms with Crippen LogP contribution in [0.3, 0.4) is 0 Å². The molecule has 0 unspecified atom stereocenters. The Morgan fingerprint density at radius 3 is 2.42 bits per heavy atom. The first-order chi connectivity index (χ1) is 15.6. The van der Waals surface area contributed by atoms with Crippen molar-refractivity contribution in [2.45, 2.75) is 30.9 Å². The average Bonchev–Trinajstić information content (AvgIpc) is 2.80. The summed E-state index contributed by atoms with van der Waals surface area (Å²) in [6.45, 7) is -3.18. The summed E-state index contributed by atoms with van der Waals surface area (Å²) in [5, 5.41) is 0. The van der Waals surface area contributed by atoms with E-state index in [1.54, 1.807) is 0 Å². The predicted molar refractivity (Wildman–Crippen MR) is 108 cm³/mol. The highest BCUT2D eigenvalue weighted by Crippen LogP contribution is 2.36. The molecule has 1 atom stereocenters. The second-order valence-electron chi connectivity index (χ2n) is 7.86. The molecule has 1 aromatic carbocycles. The number of nitrogens with zero attached hydrogens (tertiary/aromatic N) is 2. The highest BCUT2D eigenvalue weighted by atomic mass is 19.3. The van der Waals surface area contributed by atoms with Gasteiger partial charge in [-0.2, -0.15) is 0 Å². The van der Waals surface area contributed by atoms with Crippen molar-refractivity contribution < 1.29 is 35.9 Å². The van der Waals surface area contributed by atoms with Gasteiger partial charge in [-0.25, -0.2) is 26.3 Å². The zero-order chi connectivity index (χ0) is 24.4. The third-order valence-corrected chi connectivity index (χ3v) is 5.55. The van der Waals surface area contributed by atoms with E-state index in [1.165, 1.54) is 19.1 Å². The van der Waals surface area contributed by atoms with E-state index in [1.807, 2.05) is 0 Å². The zero-order valence-corrected chi connectivity index (χ0v) is 17.6. The number of aromatic nitrogens is 1. The van der Waals surface area contributed by atoms with E-state index in [2.05, 4.69) is 9.98 Å². The molecule has 0 saturated carbocycles. The number of carbonyl (C=O) groups is 1. The normalized spacial score (nSPS) is 20.1. The van der Waals surface area contributed by atoms with Crippen LogP contribution in [0.2, 0.25) is 0 Å². The molecule has 0 amide bonds. The van der Waals surface area contributed by atoms with Crippen LogP contribution in [0, 0.1) is 12.7 Å². The molecule has 0 saturated heterocycles. The SMILES string of the molecule is Cc1cc(C(F)F)cnc1C(=O)Cc1ccc(F)c([C@]2(CF)COC(CF)(CF)C(N)=N2)c1. The summed E-state index contributed by atoms with van der Waals surface area (Å²) >= 11 is 0. The van der Waals surface area contributed by atoms with Gasteiger partial charge in [0.1, 0.15) is 42.9 Å². The number of aryl methyl sites for hydroxylation is 1. The van der Waals surface area contributed by atoms with Crippen molar-refractivity contribution in [2.75, 3.05) is 26.6 Å². The Labute approximate surface area is 185 Å². The topological polar surface area (TPSA) is 77.6 Å². The molecule has 0 aliphatic carbocycles. The highest BCUT2D eigenvalue weighted by Gasteiger charge is 2.48. The van der Waals surface area contributed by atoms with Gasteiger partial charge >= 0.3 is 0 Å². The molecule has 2 N–H and O–H groups in total. The maximum Gasteiger partial charge on any atom is 0.265 e. The Kier molecular flexibility index (Phi) is 7.11. The molecule has 0 bridgehead atoms. The highest BCUT2D eigenvalue weighted by molar-refractivity contribution is 5.97. The molecular weight excluding hydrogens is 452 g/mol. The first-order valence-corrected chi connectivity index (χ1v) is 9.86. The van der Waals surface area contributed by atoms with Gasteiger partial charge in [0.05, 0.1) is 6.61 Å². The van der Waals surface area contributed by atoms with Crippen LogP contribution in [-0.4, -0.2) is 48.8 Å². The molecule has 0 fully saturated rings. The summed E-state index contributed by atoms with van der Waals surface area (Å²) in [6.07, 6.45) is -2.13. The number of halogens is 6. The Morgan fingerprint density at radius 1 is 1.18 bits per heavy atom. The molecule has 0 spiro atoms. The molecule has 2 heterocycles. The lowest BCUT2D eigenvalue weighted by Gasteiger charge is -2.40. The van der Waals surface area contributed by atoms with Crippen LogP contribution >= 0.6 is 0 Å². The Hall–Kier alpha value is -2.95. The molecule has 3 rings (SSSR count). The molecule has 33 heavy (non-hydrogen) atoms. The van der Waals surface area contributed by atoms with Gasteiger partial charge in [0.25, 0.3) is 6.43 Å². The second kappa shape index (κ2) is 9.50. The minimum absolute atomic E-state index is 0.0376. The van der Waals surface area contributed by atoms with Crippen molar-refractivity contribution in [3.8, 4) is 0 Å². The summed E-state index contributed by atoms with van der Waals surface area (Å²) in [5.41, 5.74) is 1.34. The van der Waals surface area contributed by atoms with Crippen LogP contribution in [0.5, 0.6) is 0 Å². The number of rotatable bonds is 8. The number of Topliss-reactive ketones (excluding diaryl/α,β-unsaturated/α-hetero) is 1. The third-order valence-electron chi connectivity index (χ3n) is 5.55. The number of benzene rings is 1. The van der Waals surface area contributed by atoms with Crippen molar-refractivity contribution in [1.29, 1.82) is 0 Å². The summed E-state index contributed by atoms with van der Waals surface area (Å²) in [5.74, 6) is -2.05. The summed E-state index contributed by atoms with van der Waals surface area (Å²) in [4.78, 5) is 20.4. The van der Waals surface area contributed by atoms with E-state index in [0.29, 0.717) is 0 Å². The van der Waals surface area contributed by atoms with Crippen LogP contribution in [0.25, 0.3) is 0 Å². The minimum atomic E-state index is -2.74. The van der Waals surface area contributed by atoms with Crippen LogP contribution in [0.1, 0.15) is 39.2 Å². The molecule has 1 aliphatic rings. The van der Waals surface area contributed by atoms with Crippen LogP contribution in [-0.2, 0) is 16.7 Å². The van der Waals surface area contributed by atoms with Gasteiger partial charge in [0.15, 0.2) is 11.4 Å². The number of ketones is 1. The van der Waals surface area contributed by atoms with Crippen LogP contribution in [0.4, 0.5) is 26.3 Å². The van der Waals surface area contributed by atoms with E-state index >= 15 is 0 Å². The second-order valence-corrected chi connectivity index (χ2v) is 7.86. The third kappa shape index (κ3) is 4.59. The first kappa shape index (κ1) is 24.7. The lowest BCUT2D eigenvalue weighted by atomic mass is 9.87. The zero-order valence-electron chi connectivity index (χ0n) is 17.6. The maximum atomic E-state index is 14.7. The number of hydrogen-bond donors (Lipinski definition) is 1. The molecular formula is C22H21F6N3O2. The maximum absolute atomic E-state index is 14.7. The number of carbonyl (C=O) groups excluding carboxylic acids is 1. The largest absolute Gasteiger partial charge is 0.385 e. The fraction of sp³-hybridized carbons (Fsp3) is 0.409. The van der Waals surface area contributed by atoms with Gasteiger partial charge in [-0.1, -0.05) is 6.07 Å². The number of amidine groups is 1. The molecule has 178 valence electrons. The smallest absolute Gasteiger partial charge is 0.265 e. The standard InChI is InChI=1S/C22H21F6N3O2/c1-12-4-14(19(27)28)7-30-18(12)17(32)6-13-2-3-16(26)15(5-13)21(8-23)11-33-22(9-24,10-25)20(29)31-21/h2-5,7,19H,6,8-11H2,1H3,(H2,29,31)/t21-/m0/s1. The number of nitrogens with two attached hydrogens (primary N) is 1. The Balaban J connectivity index is 1.94. The van der Waals surface area contributed by atoms with Gasteiger partial charge in [0, 0.05) is 23.7 Å². The van der Waals surface area contributed by atoms with Crippen molar-refractivity contribution in [1.82, 2.24) is 4.98 Å². The molecule has 11 heteroatoms. The molecule has 5 nitrogen and oxygen atoms in total. The quantitative estimate of drug-likeness (QED) is 0.462. The fourth-order valence-electron chi connectivity index (χ4n) is 3.54. The number of alkyl halides is 5. The number of ether oxygens (including phenoxy) is 1. The van der Waals surface area contributed by atoms with E-state index in [9.17, 15) is 31.1 Å². The monoisotopic (exact) mass is 473 g/mol. The van der Waals surface area contributed by atoms with E-state index in [-0.39, 0.29) is 34.4 Å². The molecule has 2 aromatic rings. The van der Waals surface area contributed by atoms with E-state index in [4.69, 9.17) is 10.5 Å². The molecule has 1 aliphatic heterocycles. The summed E-state index contributed by atoms with van der Waals surface area (Å²) in [6, 6.07) is 4.62. The van der Waals surface area contributed by atoms with E-state index < -0.39 is 61.6 Å². The predicted octanol–water partition coefficient (Wildman–Crippen LogP) is 4.12. The van der Waals surface area contributed by atoms with Crippen molar-refractivity contribution in [3.05, 3.63) is 64.2 Å². The average molecular weight is 473 g/mol. The van der Waals surface area contributed by atoms with Crippen LogP contribution in [0.15, 0.2) is 35.5 Å². The Morgan fingerprint density at radius 2 is 1.88 bits per heavy atom. The van der Waals surface area contributed by atoms with Crippen molar-refractivity contribution >= 4 is 11.6 Å². The minimum Gasteiger partial charge on any atom is -0.385 e. The fourth-order valence-corrected chi connectivity index (χ4v) is 3.54. The van der Waals surface area contributed by atoms with Gasteiger partial charge < -0.3 is 10.5 Å². The van der Waals surface area contributed by atoms with E-state index in [0.717, 1.165) is 18.3 Å². The lowest BCUT2D eigenvalue weighted by Crippen LogP contribution is -2.58. The number of pyridine rings is 1. The first-order valence-electron chi connectivity index (χ1n) is 9.86. The molecule has 1 aromatic heterocycles.